The number of allylic oxidation sites excluding steroid dienone is 12. The van der Waals surface area contributed by atoms with E-state index in [4.69, 9.17) is 18.5 Å². The molecule has 10 nitrogen and oxygen atoms in total. The number of unbranched alkanes of at least 4 members (excludes halogenated alkanes) is 11. The van der Waals surface area contributed by atoms with E-state index in [1.54, 1.807) is 6.08 Å². The fraction of sp³-hybridized carbons (Fsp3) is 0.674. The van der Waals surface area contributed by atoms with Crippen LogP contribution in [0.2, 0.25) is 0 Å². The quantitative estimate of drug-likeness (QED) is 0.0114. The van der Waals surface area contributed by atoms with Crippen molar-refractivity contribution >= 4 is 25.5 Å². The van der Waals surface area contributed by atoms with Crippen molar-refractivity contribution in [3.63, 3.8) is 0 Å². The van der Waals surface area contributed by atoms with Crippen LogP contribution in [0.3, 0.4) is 0 Å². The molecule has 0 aromatic carbocycles. The van der Waals surface area contributed by atoms with Crippen molar-refractivity contribution in [3.05, 3.63) is 72.9 Å². The van der Waals surface area contributed by atoms with Crippen molar-refractivity contribution in [3.8, 4) is 0 Å². The van der Waals surface area contributed by atoms with Crippen LogP contribution in [0.25, 0.3) is 0 Å². The molecule has 0 fully saturated rings. The number of ether oxygens (including phenoxy) is 2. The molecule has 57 heavy (non-hydrogen) atoms. The van der Waals surface area contributed by atoms with E-state index in [9.17, 15) is 23.8 Å². The predicted molar refractivity (Wildman–Crippen MR) is 231 cm³/mol. The second-order valence-corrected chi connectivity index (χ2v) is 16.8. The molecular formula is C46H78NO9P. The van der Waals surface area contributed by atoms with Crippen molar-refractivity contribution < 1.29 is 46.8 Å². The first-order valence-corrected chi connectivity index (χ1v) is 23.1. The van der Waals surface area contributed by atoms with Gasteiger partial charge in [0.1, 0.15) is 19.8 Å². The highest BCUT2D eigenvalue weighted by Gasteiger charge is 2.21. The fourth-order valence-corrected chi connectivity index (χ4v) is 5.94. The van der Waals surface area contributed by atoms with Gasteiger partial charge in [0.05, 0.1) is 27.7 Å². The maximum absolute atomic E-state index is 12.6. The van der Waals surface area contributed by atoms with E-state index in [1.165, 1.54) is 19.3 Å². The minimum atomic E-state index is -4.66. The molecule has 0 bridgehead atoms. The van der Waals surface area contributed by atoms with Crippen LogP contribution in [0.1, 0.15) is 149 Å². The number of ketones is 1. The number of nitrogens with zero attached hydrogens (tertiary/aromatic N) is 1. The van der Waals surface area contributed by atoms with E-state index < -0.39 is 32.5 Å². The highest BCUT2D eigenvalue weighted by molar-refractivity contribution is 7.45. The second-order valence-electron chi connectivity index (χ2n) is 15.4. The van der Waals surface area contributed by atoms with Crippen LogP contribution < -0.4 is 4.89 Å². The van der Waals surface area contributed by atoms with Gasteiger partial charge in [-0.2, -0.15) is 0 Å². The van der Waals surface area contributed by atoms with Crippen LogP contribution >= 0.6 is 7.82 Å². The van der Waals surface area contributed by atoms with E-state index in [0.717, 1.165) is 77.0 Å². The third kappa shape index (κ3) is 41.1. The number of phosphoric acid groups is 1. The Balaban J connectivity index is 4.55. The number of hydrogen-bond acceptors (Lipinski definition) is 9. The standard InChI is InChI=1S/C46H78NO9P/c1-6-8-10-11-12-13-14-15-16-17-18-19-20-23-27-30-34-38-46(50)56-44(42-55-57(51,52)54-40-39-47(3,4)5)41-53-45(49)37-33-29-26-24-21-22-25-28-32-36-43(48)35-31-9-7-2/h12-13,15-16,18-19,23,25,27-28,32,36,44H,6-11,14,17,20-22,24,26,29-31,33-35,37-42H2,1-5H3/b13-12-,16-15-,19-18-,27-23-,28-25-,36-32+/t44-/m1/s1. The van der Waals surface area contributed by atoms with Crippen LogP contribution in [0.4, 0.5) is 0 Å². The number of carbonyl (C=O) groups excluding carboxylic acids is 3. The Labute approximate surface area is 346 Å². The molecule has 0 aliphatic carbocycles. The molecule has 1 unspecified atom stereocenters. The molecular weight excluding hydrogens is 741 g/mol. The Morgan fingerprint density at radius 3 is 1.77 bits per heavy atom. The summed E-state index contributed by atoms with van der Waals surface area (Å²) in [6.07, 6.45) is 42.0. The minimum absolute atomic E-state index is 0.0589. The topological polar surface area (TPSA) is 128 Å². The monoisotopic (exact) mass is 820 g/mol. The lowest BCUT2D eigenvalue weighted by molar-refractivity contribution is -0.870. The number of hydrogen-bond donors (Lipinski definition) is 0. The number of rotatable bonds is 38. The zero-order valence-electron chi connectivity index (χ0n) is 36.3. The molecule has 0 aliphatic rings. The lowest BCUT2D eigenvalue weighted by Gasteiger charge is -2.28. The predicted octanol–water partition coefficient (Wildman–Crippen LogP) is 10.8. The summed E-state index contributed by atoms with van der Waals surface area (Å²) in [5, 5.41) is 0. The van der Waals surface area contributed by atoms with Crippen LogP contribution in [0.5, 0.6) is 0 Å². The van der Waals surface area contributed by atoms with Crippen molar-refractivity contribution in [2.45, 2.75) is 155 Å². The number of esters is 2. The van der Waals surface area contributed by atoms with Gasteiger partial charge in [0.15, 0.2) is 11.9 Å². The summed E-state index contributed by atoms with van der Waals surface area (Å²) in [6, 6.07) is 0. The molecule has 2 atom stereocenters. The highest BCUT2D eigenvalue weighted by atomic mass is 31.2. The Hall–Kier alpha value is -2.88. The minimum Gasteiger partial charge on any atom is -0.756 e. The zero-order valence-corrected chi connectivity index (χ0v) is 37.1. The Kier molecular flexibility index (Phi) is 35.5. The summed E-state index contributed by atoms with van der Waals surface area (Å²) in [5.41, 5.74) is 0. The molecule has 0 aromatic heterocycles. The van der Waals surface area contributed by atoms with Crippen molar-refractivity contribution in [2.24, 2.45) is 0 Å². The number of carbonyl (C=O) groups is 3. The highest BCUT2D eigenvalue weighted by Crippen LogP contribution is 2.38. The maximum atomic E-state index is 12.6. The Morgan fingerprint density at radius 2 is 1.12 bits per heavy atom. The smallest absolute Gasteiger partial charge is 0.306 e. The lowest BCUT2D eigenvalue weighted by atomic mass is 10.1. The third-order valence-corrected chi connectivity index (χ3v) is 9.64. The van der Waals surface area contributed by atoms with Crippen molar-refractivity contribution in [1.29, 1.82) is 0 Å². The molecule has 0 heterocycles. The summed E-state index contributed by atoms with van der Waals surface area (Å²) < 4.78 is 33.7. The average molecular weight is 820 g/mol. The normalized spacial score (nSPS) is 14.2. The van der Waals surface area contributed by atoms with Crippen LogP contribution in [-0.2, 0) is 37.5 Å². The molecule has 0 amide bonds. The third-order valence-electron chi connectivity index (χ3n) is 8.68. The zero-order chi connectivity index (χ0) is 42.3. The molecule has 0 rings (SSSR count). The number of likely N-dealkylation sites (N-methyl/N-ethyl adjacent to an activating group) is 1. The van der Waals surface area contributed by atoms with Gasteiger partial charge >= 0.3 is 11.9 Å². The average Bonchev–Trinajstić information content (AvgIpc) is 3.15. The van der Waals surface area contributed by atoms with Gasteiger partial charge < -0.3 is 27.9 Å². The first-order chi connectivity index (χ1) is 27.4. The van der Waals surface area contributed by atoms with Gasteiger partial charge in [0, 0.05) is 19.3 Å². The second kappa shape index (κ2) is 37.4. The maximum Gasteiger partial charge on any atom is 0.306 e. The number of phosphoric ester groups is 1. The van der Waals surface area contributed by atoms with Crippen molar-refractivity contribution in [1.82, 2.24) is 0 Å². The summed E-state index contributed by atoms with van der Waals surface area (Å²) in [6.45, 7) is 3.90. The Bertz CT molecular complexity index is 1260. The van der Waals surface area contributed by atoms with E-state index in [1.807, 2.05) is 39.4 Å². The first-order valence-electron chi connectivity index (χ1n) is 21.6. The fourth-order valence-electron chi connectivity index (χ4n) is 5.21. The van der Waals surface area contributed by atoms with Crippen molar-refractivity contribution in [2.75, 3.05) is 47.5 Å². The first kappa shape index (κ1) is 54.1. The van der Waals surface area contributed by atoms with E-state index >= 15 is 0 Å². The lowest BCUT2D eigenvalue weighted by Crippen LogP contribution is -2.37. The van der Waals surface area contributed by atoms with E-state index in [-0.39, 0.29) is 31.8 Å². The van der Waals surface area contributed by atoms with E-state index in [2.05, 4.69) is 62.5 Å². The van der Waals surface area contributed by atoms with Gasteiger partial charge in [-0.05, 0) is 76.7 Å². The molecule has 0 aliphatic heterocycles. The van der Waals surface area contributed by atoms with Gasteiger partial charge in [0.2, 0.25) is 0 Å². The van der Waals surface area contributed by atoms with E-state index in [0.29, 0.717) is 36.7 Å². The molecule has 326 valence electrons. The SMILES string of the molecule is CCCCC/C=C\C/C=C\C/C=C\C/C=C\CCCC(=O)O[C@H](COC(=O)CCCCCCC/C=C\C=C\C(=O)CCCCC)COP(=O)([O-])OCC[N+](C)(C)C. The molecule has 0 saturated heterocycles. The molecule has 0 radical (unpaired) electrons. The van der Waals surface area contributed by atoms with Gasteiger partial charge in [-0.25, -0.2) is 0 Å². The van der Waals surface area contributed by atoms with Crippen LogP contribution in [0.15, 0.2) is 72.9 Å². The van der Waals surface area contributed by atoms with Gasteiger partial charge in [-0.15, -0.1) is 0 Å². The molecule has 11 heteroatoms. The molecule has 0 saturated carbocycles. The van der Waals surface area contributed by atoms with Crippen LogP contribution in [0, 0.1) is 0 Å². The van der Waals surface area contributed by atoms with Gasteiger partial charge in [0.25, 0.3) is 7.82 Å². The molecule has 0 N–H and O–H groups in total. The largest absolute Gasteiger partial charge is 0.756 e. The van der Waals surface area contributed by atoms with Gasteiger partial charge in [-0.3, -0.25) is 18.9 Å². The van der Waals surface area contributed by atoms with Gasteiger partial charge in [-0.1, -0.05) is 126 Å². The molecule has 0 aromatic rings. The molecule has 0 spiro atoms. The van der Waals surface area contributed by atoms with Crippen LogP contribution in [-0.4, -0.2) is 75.8 Å². The number of quaternary nitrogens is 1. The summed E-state index contributed by atoms with van der Waals surface area (Å²) in [7, 11) is 1.07. The summed E-state index contributed by atoms with van der Waals surface area (Å²) in [4.78, 5) is 49.2. The summed E-state index contributed by atoms with van der Waals surface area (Å²) in [5.74, 6) is -0.797. The Morgan fingerprint density at radius 1 is 0.596 bits per heavy atom. The summed E-state index contributed by atoms with van der Waals surface area (Å²) >= 11 is 0.